The summed E-state index contributed by atoms with van der Waals surface area (Å²) in [4.78, 5) is 22.9. The molecule has 0 aromatic heterocycles. The van der Waals surface area contributed by atoms with Crippen LogP contribution in [-0.2, 0) is 19.1 Å². The van der Waals surface area contributed by atoms with Gasteiger partial charge in [0.2, 0.25) is 0 Å². The van der Waals surface area contributed by atoms with E-state index in [2.05, 4.69) is 0 Å². The molecule has 0 aromatic rings. The van der Waals surface area contributed by atoms with Crippen LogP contribution in [-0.4, -0.2) is 29.6 Å². The van der Waals surface area contributed by atoms with Gasteiger partial charge in [0.1, 0.15) is 11.7 Å². The number of hydrogen-bond donors (Lipinski definition) is 0. The van der Waals surface area contributed by atoms with Crippen LogP contribution in [0, 0.1) is 17.8 Å². The van der Waals surface area contributed by atoms with E-state index >= 15 is 0 Å². The molecule has 1 heterocycles. The van der Waals surface area contributed by atoms with E-state index in [1.54, 1.807) is 6.92 Å². The van der Waals surface area contributed by atoms with Crippen molar-refractivity contribution in [3.05, 3.63) is 0 Å². The van der Waals surface area contributed by atoms with Crippen molar-refractivity contribution in [3.63, 3.8) is 0 Å². The lowest BCUT2D eigenvalue weighted by Gasteiger charge is -2.25. The number of fused-ring (bicyclic) bond motifs is 3. The van der Waals surface area contributed by atoms with Crippen molar-refractivity contribution in [1.82, 2.24) is 0 Å². The number of alkyl halides is 2. The van der Waals surface area contributed by atoms with Gasteiger partial charge in [-0.1, -0.05) is 0 Å². The van der Waals surface area contributed by atoms with Crippen LogP contribution in [0.4, 0.5) is 8.78 Å². The number of carbonyl (C=O) groups excluding carboxylic acids is 2. The van der Waals surface area contributed by atoms with Crippen LogP contribution in [0.15, 0.2) is 0 Å². The summed E-state index contributed by atoms with van der Waals surface area (Å²) in [6.07, 6.45) is 0.779. The van der Waals surface area contributed by atoms with Crippen molar-refractivity contribution >= 4 is 11.9 Å². The van der Waals surface area contributed by atoms with Crippen molar-refractivity contribution in [2.75, 3.05) is 0 Å². The van der Waals surface area contributed by atoms with Gasteiger partial charge in [-0.25, -0.2) is 4.79 Å². The first-order chi connectivity index (χ1) is 8.25. The fraction of sp³-hybridized carbons (Fsp3) is 0.833. The first kappa shape index (κ1) is 11.9. The summed E-state index contributed by atoms with van der Waals surface area (Å²) in [5.74, 6) is -5.81. The molecule has 5 atom stereocenters. The zero-order chi connectivity index (χ0) is 13.3. The van der Waals surface area contributed by atoms with E-state index in [1.165, 1.54) is 0 Å². The van der Waals surface area contributed by atoms with Crippen molar-refractivity contribution in [3.8, 4) is 0 Å². The number of cyclic esters (lactones) is 1. The highest BCUT2D eigenvalue weighted by Crippen LogP contribution is 2.67. The third-order valence-corrected chi connectivity index (χ3v) is 4.38. The van der Waals surface area contributed by atoms with Gasteiger partial charge in [0.15, 0.2) is 0 Å². The molecule has 3 rings (SSSR count). The van der Waals surface area contributed by atoms with E-state index < -0.39 is 17.5 Å². The molecular weight excluding hydrogens is 246 g/mol. The second-order valence-corrected chi connectivity index (χ2v) is 5.64. The van der Waals surface area contributed by atoms with E-state index in [0.29, 0.717) is 19.8 Å². The second-order valence-electron chi connectivity index (χ2n) is 5.64. The van der Waals surface area contributed by atoms with E-state index in [4.69, 9.17) is 9.47 Å². The SMILES string of the molecule is CC1OC(=O)C2CC3CC3(OC(=O)C(C)(F)F)C12. The number of halogens is 2. The van der Waals surface area contributed by atoms with Gasteiger partial charge in [-0.2, -0.15) is 8.78 Å². The number of carbonyl (C=O) groups is 2. The number of hydrogen-bond acceptors (Lipinski definition) is 4. The molecule has 100 valence electrons. The predicted molar refractivity (Wildman–Crippen MR) is 54.7 cm³/mol. The first-order valence-electron chi connectivity index (χ1n) is 6.07. The highest BCUT2D eigenvalue weighted by atomic mass is 19.3. The normalized spacial score (nSPS) is 45.2. The van der Waals surface area contributed by atoms with Crippen molar-refractivity contribution in [1.29, 1.82) is 0 Å². The molecular formula is C12H14F2O4. The topological polar surface area (TPSA) is 52.6 Å². The Balaban J connectivity index is 1.82. The van der Waals surface area contributed by atoms with Crippen LogP contribution in [0.5, 0.6) is 0 Å². The molecule has 5 unspecified atom stereocenters. The van der Waals surface area contributed by atoms with E-state index in [1.807, 2.05) is 0 Å². The van der Waals surface area contributed by atoms with Gasteiger partial charge in [0.05, 0.1) is 5.92 Å². The number of ether oxygens (including phenoxy) is 2. The minimum absolute atomic E-state index is 0.0362. The summed E-state index contributed by atoms with van der Waals surface area (Å²) >= 11 is 0. The minimum atomic E-state index is -3.49. The first-order valence-corrected chi connectivity index (χ1v) is 6.07. The molecule has 2 aliphatic carbocycles. The quantitative estimate of drug-likeness (QED) is 0.706. The molecule has 0 aromatic carbocycles. The van der Waals surface area contributed by atoms with Crippen LogP contribution in [0.1, 0.15) is 26.7 Å². The van der Waals surface area contributed by atoms with Gasteiger partial charge in [-0.15, -0.1) is 0 Å². The van der Waals surface area contributed by atoms with Gasteiger partial charge in [0, 0.05) is 18.8 Å². The van der Waals surface area contributed by atoms with E-state index in [-0.39, 0.29) is 29.8 Å². The molecule has 0 bridgehead atoms. The molecule has 3 fully saturated rings. The fourth-order valence-corrected chi connectivity index (χ4v) is 3.58. The third-order valence-electron chi connectivity index (χ3n) is 4.38. The maximum Gasteiger partial charge on any atom is 0.377 e. The number of rotatable bonds is 2. The van der Waals surface area contributed by atoms with Crippen LogP contribution in [0.2, 0.25) is 0 Å². The molecule has 18 heavy (non-hydrogen) atoms. The molecule has 0 spiro atoms. The highest BCUT2D eigenvalue weighted by Gasteiger charge is 2.75. The summed E-state index contributed by atoms with van der Waals surface area (Å²) < 4.78 is 36.0. The smallest absolute Gasteiger partial charge is 0.377 e. The fourth-order valence-electron chi connectivity index (χ4n) is 3.58. The second kappa shape index (κ2) is 3.22. The Hall–Kier alpha value is -1.20. The Morgan fingerprint density at radius 3 is 2.83 bits per heavy atom. The number of esters is 2. The molecule has 4 nitrogen and oxygen atoms in total. The lowest BCUT2D eigenvalue weighted by atomic mass is 9.88. The average molecular weight is 260 g/mol. The molecule has 0 N–H and O–H groups in total. The Kier molecular flexibility index (Phi) is 2.12. The molecule has 1 aliphatic heterocycles. The summed E-state index contributed by atoms with van der Waals surface area (Å²) in [6, 6.07) is 0. The van der Waals surface area contributed by atoms with Gasteiger partial charge in [0.25, 0.3) is 0 Å². The molecule has 6 heteroatoms. The van der Waals surface area contributed by atoms with Gasteiger partial charge >= 0.3 is 17.9 Å². The Bertz CT molecular complexity index is 430. The Morgan fingerprint density at radius 1 is 1.56 bits per heavy atom. The van der Waals surface area contributed by atoms with Gasteiger partial charge in [-0.3, -0.25) is 4.79 Å². The monoisotopic (exact) mass is 260 g/mol. The standard InChI is InChI=1S/C12H14F2O4/c1-5-8-7(9(15)17-5)3-6-4-12(6,8)18-10(16)11(2,13)14/h5-8H,3-4H2,1-2H3. The largest absolute Gasteiger partial charge is 0.462 e. The lowest BCUT2D eigenvalue weighted by molar-refractivity contribution is -0.181. The molecule has 3 aliphatic rings. The summed E-state index contributed by atoms with van der Waals surface area (Å²) in [5, 5.41) is 0. The third kappa shape index (κ3) is 1.40. The Morgan fingerprint density at radius 2 is 2.22 bits per heavy atom. The molecule has 2 saturated carbocycles. The maximum absolute atomic E-state index is 12.9. The minimum Gasteiger partial charge on any atom is -0.462 e. The Labute approximate surface area is 103 Å². The van der Waals surface area contributed by atoms with Crippen molar-refractivity contribution < 1.29 is 27.8 Å². The molecule has 0 radical (unpaired) electrons. The van der Waals surface area contributed by atoms with Gasteiger partial charge in [-0.05, 0) is 19.8 Å². The summed E-state index contributed by atoms with van der Waals surface area (Å²) in [5.41, 5.74) is -0.882. The lowest BCUT2D eigenvalue weighted by Crippen LogP contribution is -2.39. The highest BCUT2D eigenvalue weighted by molar-refractivity contribution is 5.80. The maximum atomic E-state index is 12.9. The van der Waals surface area contributed by atoms with E-state index in [9.17, 15) is 18.4 Å². The van der Waals surface area contributed by atoms with Crippen molar-refractivity contribution in [2.45, 2.75) is 44.3 Å². The van der Waals surface area contributed by atoms with Crippen LogP contribution in [0.25, 0.3) is 0 Å². The average Bonchev–Trinajstić information content (AvgIpc) is 2.68. The predicted octanol–water partition coefficient (Wildman–Crippen LogP) is 1.52. The van der Waals surface area contributed by atoms with Crippen LogP contribution in [0.3, 0.4) is 0 Å². The molecule has 1 saturated heterocycles. The zero-order valence-electron chi connectivity index (χ0n) is 10.1. The summed E-state index contributed by atoms with van der Waals surface area (Å²) in [6.45, 7) is 2.25. The van der Waals surface area contributed by atoms with Crippen LogP contribution < -0.4 is 0 Å². The van der Waals surface area contributed by atoms with Gasteiger partial charge < -0.3 is 9.47 Å². The zero-order valence-corrected chi connectivity index (χ0v) is 10.1. The van der Waals surface area contributed by atoms with E-state index in [0.717, 1.165) is 0 Å². The van der Waals surface area contributed by atoms with Crippen LogP contribution >= 0.6 is 0 Å². The molecule has 0 amide bonds. The summed E-state index contributed by atoms with van der Waals surface area (Å²) in [7, 11) is 0. The van der Waals surface area contributed by atoms with Crippen molar-refractivity contribution in [2.24, 2.45) is 17.8 Å².